The number of carboxylic acid groups (broad SMARTS) is 1. The van der Waals surface area contributed by atoms with Gasteiger partial charge in [-0.2, -0.15) is 13.2 Å². The lowest BCUT2D eigenvalue weighted by Crippen LogP contribution is -2.50. The fraction of sp³-hybridized carbons (Fsp3) is 0.278. The van der Waals surface area contributed by atoms with Gasteiger partial charge >= 0.3 is 12.1 Å². The normalized spacial score (nSPS) is 14.8. The van der Waals surface area contributed by atoms with Gasteiger partial charge in [0.05, 0.1) is 11.1 Å². The number of furan rings is 1. The molecule has 1 aromatic heterocycles. The molecule has 1 fully saturated rings. The molecule has 2 heterocycles. The highest BCUT2D eigenvalue weighted by Gasteiger charge is 2.31. The van der Waals surface area contributed by atoms with E-state index in [9.17, 15) is 27.6 Å². The fourth-order valence-corrected chi connectivity index (χ4v) is 2.81. The second-order valence-electron chi connectivity index (χ2n) is 6.16. The number of hydrogen-bond donors (Lipinski definition) is 1. The van der Waals surface area contributed by atoms with Crippen LogP contribution in [-0.4, -0.2) is 58.9 Å². The second kappa shape index (κ2) is 7.37. The topological polar surface area (TPSA) is 91.1 Å². The summed E-state index contributed by atoms with van der Waals surface area (Å²) >= 11 is 0. The first-order chi connectivity index (χ1) is 13.2. The van der Waals surface area contributed by atoms with E-state index in [1.807, 2.05) is 0 Å². The third-order valence-corrected chi connectivity index (χ3v) is 4.37. The van der Waals surface area contributed by atoms with Crippen LogP contribution >= 0.6 is 0 Å². The van der Waals surface area contributed by atoms with E-state index in [1.54, 1.807) is 0 Å². The Morgan fingerprint density at radius 1 is 0.893 bits per heavy atom. The average Bonchev–Trinajstić information content (AvgIpc) is 3.17. The summed E-state index contributed by atoms with van der Waals surface area (Å²) in [5, 5.41) is 8.86. The van der Waals surface area contributed by atoms with Crippen LogP contribution in [0.4, 0.5) is 13.2 Å². The third kappa shape index (κ3) is 4.00. The van der Waals surface area contributed by atoms with Gasteiger partial charge in [0.15, 0.2) is 5.76 Å². The molecule has 1 aromatic carbocycles. The van der Waals surface area contributed by atoms with Crippen molar-refractivity contribution >= 4 is 17.8 Å². The molecular formula is C18H15F3N2O5. The number of nitrogens with zero attached hydrogens (tertiary/aromatic N) is 2. The molecule has 1 aliphatic rings. The molecule has 0 spiro atoms. The molecule has 148 valence electrons. The molecule has 2 aromatic rings. The molecule has 0 aliphatic carbocycles. The molecule has 0 bridgehead atoms. The van der Waals surface area contributed by atoms with E-state index < -0.39 is 29.5 Å². The minimum Gasteiger partial charge on any atom is -0.478 e. The van der Waals surface area contributed by atoms with Gasteiger partial charge in [0.2, 0.25) is 0 Å². The predicted molar refractivity (Wildman–Crippen MR) is 88.9 cm³/mol. The number of rotatable bonds is 3. The van der Waals surface area contributed by atoms with Gasteiger partial charge in [-0.3, -0.25) is 9.59 Å². The molecule has 28 heavy (non-hydrogen) atoms. The molecule has 3 rings (SSSR count). The Morgan fingerprint density at radius 2 is 1.43 bits per heavy atom. The molecule has 1 N–H and O–H groups in total. The molecule has 0 unspecified atom stereocenters. The van der Waals surface area contributed by atoms with Crippen LogP contribution in [0, 0.1) is 0 Å². The van der Waals surface area contributed by atoms with E-state index in [0.717, 1.165) is 36.6 Å². The van der Waals surface area contributed by atoms with Crippen molar-refractivity contribution in [3.63, 3.8) is 0 Å². The summed E-state index contributed by atoms with van der Waals surface area (Å²) in [6.45, 7) is 0.763. The highest BCUT2D eigenvalue weighted by atomic mass is 19.4. The van der Waals surface area contributed by atoms with Crippen molar-refractivity contribution in [3.8, 4) is 0 Å². The molecule has 1 saturated heterocycles. The highest BCUT2D eigenvalue weighted by Crippen LogP contribution is 2.29. The minimum absolute atomic E-state index is 0.111. The predicted octanol–water partition coefficient (Wildman–Crippen LogP) is 2.59. The standard InChI is InChI=1S/C18H15F3N2O5/c19-18(20,21)13-3-1-11(2-4-13)15(24)22-5-7-23(8-6-22)16(25)14-9-12(10-28-14)17(26)27/h1-4,9-10H,5-8H2,(H,26,27). The summed E-state index contributed by atoms with van der Waals surface area (Å²) < 4.78 is 42.8. The molecule has 10 heteroatoms. The van der Waals surface area contributed by atoms with Crippen molar-refractivity contribution in [2.45, 2.75) is 6.18 Å². The smallest absolute Gasteiger partial charge is 0.416 e. The van der Waals surface area contributed by atoms with Crippen LogP contribution in [0.2, 0.25) is 0 Å². The molecule has 0 radical (unpaired) electrons. The van der Waals surface area contributed by atoms with Gasteiger partial charge in [-0.25, -0.2) is 4.79 Å². The Labute approximate surface area is 156 Å². The zero-order chi connectivity index (χ0) is 20.5. The number of carbonyl (C=O) groups excluding carboxylic acids is 2. The Kier molecular flexibility index (Phi) is 5.12. The van der Waals surface area contributed by atoms with Gasteiger partial charge in [0.25, 0.3) is 11.8 Å². The van der Waals surface area contributed by atoms with Crippen molar-refractivity contribution in [2.24, 2.45) is 0 Å². The van der Waals surface area contributed by atoms with Crippen LogP contribution in [-0.2, 0) is 6.18 Å². The highest BCUT2D eigenvalue weighted by molar-refractivity contribution is 5.96. The quantitative estimate of drug-likeness (QED) is 0.861. The first-order valence-corrected chi connectivity index (χ1v) is 8.24. The summed E-state index contributed by atoms with van der Waals surface area (Å²) in [5.74, 6) is -2.24. The number of piperazine rings is 1. The Hall–Kier alpha value is -3.30. The number of alkyl halides is 3. The number of carbonyl (C=O) groups is 3. The van der Waals surface area contributed by atoms with Gasteiger partial charge < -0.3 is 19.3 Å². The second-order valence-corrected chi connectivity index (χ2v) is 6.16. The molecule has 1 aliphatic heterocycles. The van der Waals surface area contributed by atoms with E-state index >= 15 is 0 Å². The maximum absolute atomic E-state index is 12.6. The molecular weight excluding hydrogens is 381 g/mol. The zero-order valence-corrected chi connectivity index (χ0v) is 14.4. The fourth-order valence-electron chi connectivity index (χ4n) is 2.81. The van der Waals surface area contributed by atoms with E-state index in [1.165, 1.54) is 9.80 Å². The molecule has 2 amide bonds. The minimum atomic E-state index is -4.47. The van der Waals surface area contributed by atoms with Crippen LogP contribution in [0.5, 0.6) is 0 Å². The van der Waals surface area contributed by atoms with Gasteiger partial charge in [-0.1, -0.05) is 0 Å². The van der Waals surface area contributed by atoms with Crippen LogP contribution in [0.3, 0.4) is 0 Å². The van der Waals surface area contributed by atoms with Crippen LogP contribution in [0.25, 0.3) is 0 Å². The van der Waals surface area contributed by atoms with Crippen molar-refractivity contribution in [1.29, 1.82) is 0 Å². The maximum atomic E-state index is 12.6. The van der Waals surface area contributed by atoms with Crippen molar-refractivity contribution in [3.05, 3.63) is 59.0 Å². The maximum Gasteiger partial charge on any atom is 0.416 e. The van der Waals surface area contributed by atoms with Crippen molar-refractivity contribution in [1.82, 2.24) is 9.80 Å². The third-order valence-electron chi connectivity index (χ3n) is 4.37. The van der Waals surface area contributed by atoms with E-state index in [-0.39, 0.29) is 43.1 Å². The van der Waals surface area contributed by atoms with E-state index in [4.69, 9.17) is 9.52 Å². The zero-order valence-electron chi connectivity index (χ0n) is 14.4. The molecule has 7 nitrogen and oxygen atoms in total. The summed E-state index contributed by atoms with van der Waals surface area (Å²) in [4.78, 5) is 38.5. The first-order valence-electron chi connectivity index (χ1n) is 8.24. The first kappa shape index (κ1) is 19.5. The van der Waals surface area contributed by atoms with Crippen molar-refractivity contribution < 1.29 is 37.1 Å². The monoisotopic (exact) mass is 396 g/mol. The average molecular weight is 396 g/mol. The number of amides is 2. The summed E-state index contributed by atoms with van der Waals surface area (Å²) in [6, 6.07) is 5.08. The summed E-state index contributed by atoms with van der Waals surface area (Å²) in [6.07, 6.45) is -3.50. The lowest BCUT2D eigenvalue weighted by Gasteiger charge is -2.34. The van der Waals surface area contributed by atoms with Crippen LogP contribution < -0.4 is 0 Å². The number of hydrogen-bond acceptors (Lipinski definition) is 4. The molecule has 0 atom stereocenters. The summed E-state index contributed by atoms with van der Waals surface area (Å²) in [5.41, 5.74) is -0.844. The van der Waals surface area contributed by atoms with Gasteiger partial charge in [0, 0.05) is 37.8 Å². The number of halogens is 3. The SMILES string of the molecule is O=C(O)c1coc(C(=O)N2CCN(C(=O)c3ccc(C(F)(F)F)cc3)CC2)c1. The molecule has 0 saturated carbocycles. The lowest BCUT2D eigenvalue weighted by atomic mass is 10.1. The lowest BCUT2D eigenvalue weighted by molar-refractivity contribution is -0.137. The van der Waals surface area contributed by atoms with Crippen LogP contribution in [0.15, 0.2) is 41.0 Å². The van der Waals surface area contributed by atoms with Gasteiger partial charge in [0.1, 0.15) is 6.26 Å². The number of benzene rings is 1. The van der Waals surface area contributed by atoms with Gasteiger partial charge in [-0.15, -0.1) is 0 Å². The Bertz CT molecular complexity index is 897. The van der Waals surface area contributed by atoms with Crippen molar-refractivity contribution in [2.75, 3.05) is 26.2 Å². The van der Waals surface area contributed by atoms with E-state index in [2.05, 4.69) is 0 Å². The number of carboxylic acids is 1. The van der Waals surface area contributed by atoms with Gasteiger partial charge in [-0.05, 0) is 24.3 Å². The summed E-state index contributed by atoms with van der Waals surface area (Å²) in [7, 11) is 0. The Balaban J connectivity index is 1.60. The number of aromatic carboxylic acids is 1. The van der Waals surface area contributed by atoms with Crippen LogP contribution in [0.1, 0.15) is 36.8 Å². The Morgan fingerprint density at radius 3 is 1.89 bits per heavy atom. The van der Waals surface area contributed by atoms with E-state index in [0.29, 0.717) is 0 Å². The largest absolute Gasteiger partial charge is 0.478 e.